The lowest BCUT2D eigenvalue weighted by molar-refractivity contribution is 0.0948. The largest absolute Gasteiger partial charge is 0.458 e. The molecule has 1 amide bonds. The SMILES string of the molecule is Cn1nccc1-c1ccc(CNC(=O)c2ccsc2)o1. The molecule has 20 heavy (non-hydrogen) atoms. The number of thiophene rings is 1. The van der Waals surface area contributed by atoms with Gasteiger partial charge in [0, 0.05) is 24.2 Å². The van der Waals surface area contributed by atoms with E-state index in [1.165, 1.54) is 11.3 Å². The van der Waals surface area contributed by atoms with E-state index in [0.29, 0.717) is 17.9 Å². The van der Waals surface area contributed by atoms with Gasteiger partial charge in [-0.05, 0) is 29.6 Å². The lowest BCUT2D eigenvalue weighted by Crippen LogP contribution is -2.21. The Morgan fingerprint density at radius 2 is 2.30 bits per heavy atom. The zero-order valence-corrected chi connectivity index (χ0v) is 11.7. The third-order valence-electron chi connectivity index (χ3n) is 2.94. The van der Waals surface area contributed by atoms with Gasteiger partial charge < -0.3 is 9.73 Å². The predicted molar refractivity (Wildman–Crippen MR) is 76.4 cm³/mol. The highest BCUT2D eigenvalue weighted by atomic mass is 32.1. The van der Waals surface area contributed by atoms with Crippen LogP contribution in [-0.2, 0) is 13.6 Å². The molecule has 6 heteroatoms. The van der Waals surface area contributed by atoms with Crippen molar-refractivity contribution in [3.05, 3.63) is 52.5 Å². The maximum absolute atomic E-state index is 11.8. The number of aromatic nitrogens is 2. The molecular weight excluding hydrogens is 274 g/mol. The van der Waals surface area contributed by atoms with Crippen LogP contribution in [0, 0.1) is 0 Å². The molecule has 0 unspecified atom stereocenters. The van der Waals surface area contributed by atoms with Crippen LogP contribution in [0.25, 0.3) is 11.5 Å². The fourth-order valence-corrected chi connectivity index (χ4v) is 2.53. The van der Waals surface area contributed by atoms with Crippen LogP contribution < -0.4 is 5.32 Å². The molecule has 0 saturated heterocycles. The quantitative estimate of drug-likeness (QED) is 0.802. The normalized spacial score (nSPS) is 10.7. The van der Waals surface area contributed by atoms with E-state index in [0.717, 1.165) is 11.5 Å². The molecule has 0 aliphatic carbocycles. The first-order valence-corrected chi connectivity index (χ1v) is 7.06. The summed E-state index contributed by atoms with van der Waals surface area (Å²) in [7, 11) is 1.86. The summed E-state index contributed by atoms with van der Waals surface area (Å²) in [4.78, 5) is 11.8. The van der Waals surface area contributed by atoms with E-state index in [2.05, 4.69) is 10.4 Å². The first-order chi connectivity index (χ1) is 9.74. The molecule has 5 nitrogen and oxygen atoms in total. The first-order valence-electron chi connectivity index (χ1n) is 6.11. The second-order valence-corrected chi connectivity index (χ2v) is 5.08. The number of amides is 1. The summed E-state index contributed by atoms with van der Waals surface area (Å²) in [5, 5.41) is 10.6. The summed E-state index contributed by atoms with van der Waals surface area (Å²) < 4.78 is 7.45. The zero-order chi connectivity index (χ0) is 13.9. The molecule has 1 N–H and O–H groups in total. The molecule has 0 spiro atoms. The maximum atomic E-state index is 11.8. The Labute approximate surface area is 119 Å². The summed E-state index contributed by atoms with van der Waals surface area (Å²) >= 11 is 1.50. The minimum absolute atomic E-state index is 0.0928. The van der Waals surface area contributed by atoms with Crippen molar-refractivity contribution in [2.24, 2.45) is 7.05 Å². The third kappa shape index (κ3) is 2.50. The molecule has 0 radical (unpaired) electrons. The molecule has 0 aliphatic rings. The number of aryl methyl sites for hydroxylation is 1. The van der Waals surface area contributed by atoms with Gasteiger partial charge in [-0.15, -0.1) is 0 Å². The van der Waals surface area contributed by atoms with Gasteiger partial charge in [0.25, 0.3) is 5.91 Å². The topological polar surface area (TPSA) is 60.1 Å². The van der Waals surface area contributed by atoms with Gasteiger partial charge >= 0.3 is 0 Å². The number of nitrogens with zero attached hydrogens (tertiary/aromatic N) is 2. The van der Waals surface area contributed by atoms with E-state index in [-0.39, 0.29) is 5.91 Å². The lowest BCUT2D eigenvalue weighted by Gasteiger charge is -2.01. The minimum Gasteiger partial charge on any atom is -0.458 e. The highest BCUT2D eigenvalue weighted by molar-refractivity contribution is 7.08. The second-order valence-electron chi connectivity index (χ2n) is 4.30. The van der Waals surface area contributed by atoms with Crippen LogP contribution in [0.3, 0.4) is 0 Å². The van der Waals surface area contributed by atoms with Gasteiger partial charge in [-0.1, -0.05) is 0 Å². The average molecular weight is 287 g/mol. The Morgan fingerprint density at radius 3 is 3.00 bits per heavy atom. The lowest BCUT2D eigenvalue weighted by atomic mass is 10.3. The zero-order valence-electron chi connectivity index (χ0n) is 10.9. The van der Waals surface area contributed by atoms with E-state index >= 15 is 0 Å². The molecule has 3 rings (SSSR count). The molecule has 0 atom stereocenters. The number of nitrogens with one attached hydrogen (secondary N) is 1. The van der Waals surface area contributed by atoms with E-state index < -0.39 is 0 Å². The van der Waals surface area contributed by atoms with Crippen LogP contribution in [0.4, 0.5) is 0 Å². The number of furan rings is 1. The van der Waals surface area contributed by atoms with Crippen molar-refractivity contribution in [3.63, 3.8) is 0 Å². The van der Waals surface area contributed by atoms with Crippen molar-refractivity contribution in [3.8, 4) is 11.5 Å². The van der Waals surface area contributed by atoms with Gasteiger partial charge in [0.2, 0.25) is 0 Å². The van der Waals surface area contributed by atoms with Gasteiger partial charge in [-0.2, -0.15) is 16.4 Å². The molecule has 3 heterocycles. The molecule has 102 valence electrons. The number of carbonyl (C=O) groups is 1. The monoisotopic (exact) mass is 287 g/mol. The van der Waals surface area contributed by atoms with Crippen LogP contribution in [0.1, 0.15) is 16.1 Å². The molecule has 0 bridgehead atoms. The van der Waals surface area contributed by atoms with Crippen LogP contribution in [0.5, 0.6) is 0 Å². The third-order valence-corrected chi connectivity index (χ3v) is 3.62. The van der Waals surface area contributed by atoms with E-state index in [1.54, 1.807) is 16.9 Å². The van der Waals surface area contributed by atoms with E-state index in [9.17, 15) is 4.79 Å². The van der Waals surface area contributed by atoms with Gasteiger partial charge in [0.05, 0.1) is 6.54 Å². The fourth-order valence-electron chi connectivity index (χ4n) is 1.89. The maximum Gasteiger partial charge on any atom is 0.252 e. The van der Waals surface area contributed by atoms with Crippen molar-refractivity contribution in [1.29, 1.82) is 0 Å². The molecular formula is C14H13N3O2S. The van der Waals surface area contributed by atoms with Crippen molar-refractivity contribution in [2.75, 3.05) is 0 Å². The van der Waals surface area contributed by atoms with Crippen LogP contribution >= 0.6 is 11.3 Å². The van der Waals surface area contributed by atoms with Crippen LogP contribution in [0.15, 0.2) is 45.6 Å². The Bertz CT molecular complexity index is 712. The molecule has 0 fully saturated rings. The Hall–Kier alpha value is -2.34. The van der Waals surface area contributed by atoms with Gasteiger partial charge in [-0.3, -0.25) is 9.48 Å². The standard InChI is InChI=1S/C14H13N3O2S/c1-17-12(4-6-16-17)13-3-2-11(19-13)8-15-14(18)10-5-7-20-9-10/h2-7,9H,8H2,1H3,(H,15,18). The van der Waals surface area contributed by atoms with Crippen molar-refractivity contribution in [2.45, 2.75) is 6.54 Å². The number of hydrogen-bond donors (Lipinski definition) is 1. The summed E-state index contributed by atoms with van der Waals surface area (Å²) in [6.07, 6.45) is 1.72. The minimum atomic E-state index is -0.0928. The second kappa shape index (κ2) is 5.34. The fraction of sp³-hybridized carbons (Fsp3) is 0.143. The molecule has 0 saturated carbocycles. The Balaban J connectivity index is 1.66. The van der Waals surface area contributed by atoms with Crippen molar-refractivity contribution in [1.82, 2.24) is 15.1 Å². The molecule has 3 aromatic heterocycles. The summed E-state index contributed by atoms with van der Waals surface area (Å²) in [6, 6.07) is 7.41. The van der Waals surface area contributed by atoms with E-state index in [1.807, 2.05) is 36.0 Å². The highest BCUT2D eigenvalue weighted by Gasteiger charge is 2.10. The predicted octanol–water partition coefficient (Wildman–Crippen LogP) is 2.67. The summed E-state index contributed by atoms with van der Waals surface area (Å²) in [5.74, 6) is 1.36. The first kappa shape index (κ1) is 12.7. The summed E-state index contributed by atoms with van der Waals surface area (Å²) in [5.41, 5.74) is 1.58. The van der Waals surface area contributed by atoms with Gasteiger partial charge in [0.1, 0.15) is 11.5 Å². The smallest absolute Gasteiger partial charge is 0.252 e. The summed E-state index contributed by atoms with van der Waals surface area (Å²) in [6.45, 7) is 0.368. The van der Waals surface area contributed by atoms with Gasteiger partial charge in [0.15, 0.2) is 5.76 Å². The Morgan fingerprint density at radius 1 is 1.40 bits per heavy atom. The number of hydrogen-bond acceptors (Lipinski definition) is 4. The molecule has 0 aliphatic heterocycles. The number of rotatable bonds is 4. The van der Waals surface area contributed by atoms with Crippen LogP contribution in [-0.4, -0.2) is 15.7 Å². The average Bonchev–Trinajstić information content (AvgIpc) is 3.17. The Kier molecular flexibility index (Phi) is 3.39. The van der Waals surface area contributed by atoms with Crippen molar-refractivity contribution < 1.29 is 9.21 Å². The van der Waals surface area contributed by atoms with Crippen molar-refractivity contribution >= 4 is 17.2 Å². The van der Waals surface area contributed by atoms with E-state index in [4.69, 9.17) is 4.42 Å². The number of carbonyl (C=O) groups excluding carboxylic acids is 1. The van der Waals surface area contributed by atoms with Crippen LogP contribution in [0.2, 0.25) is 0 Å². The highest BCUT2D eigenvalue weighted by Crippen LogP contribution is 2.21. The molecule has 3 aromatic rings. The van der Waals surface area contributed by atoms with Gasteiger partial charge in [-0.25, -0.2) is 0 Å². The molecule has 0 aromatic carbocycles.